The fraction of sp³-hybridized carbons (Fsp3) is 0.545. The Hall–Kier alpha value is -1.65. The summed E-state index contributed by atoms with van der Waals surface area (Å²) in [5, 5.41) is 13.8. The predicted molar refractivity (Wildman–Crippen MR) is 63.6 cm³/mol. The van der Waals surface area contributed by atoms with Crippen molar-refractivity contribution in [2.75, 3.05) is 11.9 Å². The molecule has 0 aliphatic rings. The van der Waals surface area contributed by atoms with E-state index in [0.29, 0.717) is 11.4 Å². The molecule has 1 aromatic heterocycles. The van der Waals surface area contributed by atoms with Crippen LogP contribution in [0.4, 0.5) is 11.5 Å². The fourth-order valence-corrected chi connectivity index (χ4v) is 1.19. The largest absolute Gasteiger partial charge is 0.370 e. The van der Waals surface area contributed by atoms with Gasteiger partial charge in [0.15, 0.2) is 0 Å². The van der Waals surface area contributed by atoms with Crippen LogP contribution >= 0.6 is 0 Å². The van der Waals surface area contributed by atoms with Crippen LogP contribution in [0.5, 0.6) is 0 Å². The van der Waals surface area contributed by atoms with Gasteiger partial charge in [-0.15, -0.1) is 0 Å². The molecule has 0 saturated heterocycles. The molecule has 5 heteroatoms. The molecular weight excluding hydrogens is 206 g/mol. The van der Waals surface area contributed by atoms with Crippen LogP contribution in [0.25, 0.3) is 0 Å². The van der Waals surface area contributed by atoms with Crippen molar-refractivity contribution >= 4 is 11.5 Å². The van der Waals surface area contributed by atoms with E-state index in [2.05, 4.69) is 31.1 Å². The number of pyridine rings is 1. The average molecular weight is 223 g/mol. The van der Waals surface area contributed by atoms with E-state index in [1.807, 2.05) is 0 Å². The van der Waals surface area contributed by atoms with Gasteiger partial charge in [-0.25, -0.2) is 4.98 Å². The van der Waals surface area contributed by atoms with Crippen molar-refractivity contribution in [3.05, 3.63) is 27.9 Å². The minimum absolute atomic E-state index is 0.0568. The topological polar surface area (TPSA) is 68.1 Å². The fourth-order valence-electron chi connectivity index (χ4n) is 1.19. The molecule has 88 valence electrons. The normalized spacial score (nSPS) is 11.2. The third kappa shape index (κ3) is 3.49. The molecule has 16 heavy (non-hydrogen) atoms. The Morgan fingerprint density at radius 2 is 2.12 bits per heavy atom. The molecule has 1 aromatic rings. The lowest BCUT2D eigenvalue weighted by molar-refractivity contribution is -0.385. The molecular formula is C11H17N3O2. The molecule has 0 amide bonds. The minimum atomic E-state index is -0.421. The molecule has 0 bridgehead atoms. The van der Waals surface area contributed by atoms with E-state index < -0.39 is 4.92 Å². The molecule has 0 aliphatic heterocycles. The second-order valence-corrected chi connectivity index (χ2v) is 5.03. The Labute approximate surface area is 95.0 Å². The maximum absolute atomic E-state index is 10.6. The van der Waals surface area contributed by atoms with Gasteiger partial charge < -0.3 is 5.32 Å². The van der Waals surface area contributed by atoms with Gasteiger partial charge >= 0.3 is 0 Å². The van der Waals surface area contributed by atoms with E-state index in [1.165, 1.54) is 6.20 Å². The second-order valence-electron chi connectivity index (χ2n) is 5.03. The summed E-state index contributed by atoms with van der Waals surface area (Å²) in [5.74, 6) is 0.679. The second kappa shape index (κ2) is 4.47. The van der Waals surface area contributed by atoms with Gasteiger partial charge in [-0.2, -0.15) is 0 Å². The first-order valence-corrected chi connectivity index (χ1v) is 5.14. The maximum Gasteiger partial charge on any atom is 0.290 e. The summed E-state index contributed by atoms with van der Waals surface area (Å²) in [6.07, 6.45) is 1.29. The number of aryl methyl sites for hydroxylation is 1. The van der Waals surface area contributed by atoms with Gasteiger partial charge in [-0.1, -0.05) is 20.8 Å². The molecule has 0 unspecified atom stereocenters. The number of nitrogens with zero attached hydrogens (tertiary/aromatic N) is 2. The standard InChI is InChI=1S/C11H17N3O2/c1-8-5-10(13-7-11(2,3)4)12-6-9(8)14(15)16/h5-6H,7H2,1-4H3,(H,12,13). The van der Waals surface area contributed by atoms with Gasteiger partial charge in [0.2, 0.25) is 0 Å². The molecule has 0 spiro atoms. The predicted octanol–water partition coefficient (Wildman–Crippen LogP) is 2.76. The van der Waals surface area contributed by atoms with E-state index in [1.54, 1.807) is 13.0 Å². The van der Waals surface area contributed by atoms with Crippen molar-refractivity contribution in [2.45, 2.75) is 27.7 Å². The van der Waals surface area contributed by atoms with Crippen LogP contribution in [0.1, 0.15) is 26.3 Å². The van der Waals surface area contributed by atoms with Crippen molar-refractivity contribution in [1.29, 1.82) is 0 Å². The monoisotopic (exact) mass is 223 g/mol. The summed E-state index contributed by atoms with van der Waals surface area (Å²) in [6.45, 7) is 8.81. The van der Waals surface area contributed by atoms with E-state index in [9.17, 15) is 10.1 Å². The molecule has 0 fully saturated rings. The third-order valence-electron chi connectivity index (χ3n) is 2.08. The Balaban J connectivity index is 2.78. The molecule has 1 rings (SSSR count). The van der Waals surface area contributed by atoms with Crippen LogP contribution in [-0.2, 0) is 0 Å². The number of anilines is 1. The van der Waals surface area contributed by atoms with Crippen LogP contribution in [0.3, 0.4) is 0 Å². The molecule has 1 N–H and O–H groups in total. The van der Waals surface area contributed by atoms with Crippen LogP contribution in [-0.4, -0.2) is 16.5 Å². The first kappa shape index (κ1) is 12.4. The summed E-state index contributed by atoms with van der Waals surface area (Å²) in [6, 6.07) is 1.70. The first-order valence-electron chi connectivity index (χ1n) is 5.14. The van der Waals surface area contributed by atoms with Gasteiger partial charge in [0.1, 0.15) is 12.0 Å². The molecule has 5 nitrogen and oxygen atoms in total. The summed E-state index contributed by atoms with van der Waals surface area (Å²) in [4.78, 5) is 14.2. The van der Waals surface area contributed by atoms with Gasteiger partial charge in [-0.05, 0) is 18.4 Å². The molecule has 1 heterocycles. The summed E-state index contributed by atoms with van der Waals surface area (Å²) >= 11 is 0. The summed E-state index contributed by atoms with van der Waals surface area (Å²) in [5.41, 5.74) is 0.829. The van der Waals surface area contributed by atoms with Crippen LogP contribution in [0, 0.1) is 22.5 Å². The van der Waals surface area contributed by atoms with Gasteiger partial charge in [0, 0.05) is 12.1 Å². The number of rotatable bonds is 3. The van der Waals surface area contributed by atoms with Crippen LogP contribution < -0.4 is 5.32 Å². The minimum Gasteiger partial charge on any atom is -0.370 e. The highest BCUT2D eigenvalue weighted by Crippen LogP contribution is 2.20. The number of hydrogen-bond donors (Lipinski definition) is 1. The molecule has 0 aromatic carbocycles. The summed E-state index contributed by atoms with van der Waals surface area (Å²) in [7, 11) is 0. The van der Waals surface area contributed by atoms with Crippen molar-refractivity contribution in [1.82, 2.24) is 4.98 Å². The number of aromatic nitrogens is 1. The van der Waals surface area contributed by atoms with Gasteiger partial charge in [0.25, 0.3) is 5.69 Å². The van der Waals surface area contributed by atoms with Crippen molar-refractivity contribution in [2.24, 2.45) is 5.41 Å². The van der Waals surface area contributed by atoms with Crippen molar-refractivity contribution in [3.8, 4) is 0 Å². The smallest absolute Gasteiger partial charge is 0.290 e. The highest BCUT2D eigenvalue weighted by molar-refractivity contribution is 5.46. The van der Waals surface area contributed by atoms with Crippen LogP contribution in [0.15, 0.2) is 12.3 Å². The third-order valence-corrected chi connectivity index (χ3v) is 2.08. The molecule has 0 radical (unpaired) electrons. The number of hydrogen-bond acceptors (Lipinski definition) is 4. The van der Waals surface area contributed by atoms with Crippen LogP contribution in [0.2, 0.25) is 0 Å². The molecule has 0 atom stereocenters. The lowest BCUT2D eigenvalue weighted by Gasteiger charge is -2.19. The lowest BCUT2D eigenvalue weighted by Crippen LogP contribution is -2.19. The Morgan fingerprint density at radius 3 is 2.56 bits per heavy atom. The quantitative estimate of drug-likeness (QED) is 0.632. The first-order chi connectivity index (χ1) is 7.29. The number of nitro groups is 1. The maximum atomic E-state index is 10.6. The van der Waals surface area contributed by atoms with E-state index in [4.69, 9.17) is 0 Å². The highest BCUT2D eigenvalue weighted by Gasteiger charge is 2.13. The van der Waals surface area contributed by atoms with E-state index in [0.717, 1.165) is 6.54 Å². The van der Waals surface area contributed by atoms with Crippen molar-refractivity contribution in [3.63, 3.8) is 0 Å². The van der Waals surface area contributed by atoms with Gasteiger partial charge in [-0.3, -0.25) is 10.1 Å². The van der Waals surface area contributed by atoms with Gasteiger partial charge in [0.05, 0.1) is 4.92 Å². The SMILES string of the molecule is Cc1cc(NCC(C)(C)C)ncc1[N+](=O)[O-]. The zero-order chi connectivity index (χ0) is 12.3. The highest BCUT2D eigenvalue weighted by atomic mass is 16.6. The summed E-state index contributed by atoms with van der Waals surface area (Å²) < 4.78 is 0. The van der Waals surface area contributed by atoms with E-state index in [-0.39, 0.29) is 11.1 Å². The van der Waals surface area contributed by atoms with Crippen molar-refractivity contribution < 1.29 is 4.92 Å². The zero-order valence-corrected chi connectivity index (χ0v) is 10.1. The molecule has 0 saturated carbocycles. The molecule has 0 aliphatic carbocycles. The Bertz CT molecular complexity index is 397. The Kier molecular flexibility index (Phi) is 3.47. The number of nitrogens with one attached hydrogen (secondary N) is 1. The average Bonchev–Trinajstić information content (AvgIpc) is 2.13. The van der Waals surface area contributed by atoms with E-state index >= 15 is 0 Å². The Morgan fingerprint density at radius 1 is 1.50 bits per heavy atom. The zero-order valence-electron chi connectivity index (χ0n) is 10.1. The lowest BCUT2D eigenvalue weighted by atomic mass is 9.97.